The lowest BCUT2D eigenvalue weighted by Crippen LogP contribution is -2.15. The minimum Gasteiger partial charge on any atom is -0.467 e. The van der Waals surface area contributed by atoms with Gasteiger partial charge in [-0.05, 0) is 12.5 Å². The molecular formula is C9H18O3Si. The van der Waals surface area contributed by atoms with Crippen molar-refractivity contribution in [1.82, 2.24) is 0 Å². The van der Waals surface area contributed by atoms with E-state index in [4.69, 9.17) is 9.47 Å². The second-order valence-electron chi connectivity index (χ2n) is 2.92. The van der Waals surface area contributed by atoms with Crippen LogP contribution in [0.4, 0.5) is 0 Å². The fraction of sp³-hybridized carbons (Fsp3) is 0.667. The summed E-state index contributed by atoms with van der Waals surface area (Å²) in [4.78, 5) is 10.7. The van der Waals surface area contributed by atoms with E-state index in [1.54, 1.807) is 0 Å². The number of ether oxygens (including phenoxy) is 2. The Hall–Kier alpha value is -0.613. The first-order valence-electron chi connectivity index (χ1n) is 4.57. The van der Waals surface area contributed by atoms with Crippen molar-refractivity contribution in [2.24, 2.45) is 0 Å². The minimum atomic E-state index is -0.353. The summed E-state index contributed by atoms with van der Waals surface area (Å²) in [5.41, 5.74) is 0.567. The van der Waals surface area contributed by atoms with Gasteiger partial charge in [-0.25, -0.2) is 4.79 Å². The predicted molar refractivity (Wildman–Crippen MR) is 55.6 cm³/mol. The summed E-state index contributed by atoms with van der Waals surface area (Å²) in [5, 5.41) is 0. The van der Waals surface area contributed by atoms with E-state index in [2.05, 4.69) is 13.5 Å². The highest BCUT2D eigenvalue weighted by Gasteiger charge is 2.04. The molecule has 0 aromatic rings. The van der Waals surface area contributed by atoms with Gasteiger partial charge < -0.3 is 9.47 Å². The van der Waals surface area contributed by atoms with Crippen molar-refractivity contribution in [3.8, 4) is 0 Å². The molecule has 0 aliphatic heterocycles. The Labute approximate surface area is 81.9 Å². The first kappa shape index (κ1) is 12.4. The summed E-state index contributed by atoms with van der Waals surface area (Å²) < 4.78 is 10.1. The van der Waals surface area contributed by atoms with Gasteiger partial charge in [-0.15, -0.1) is 0 Å². The Balaban J connectivity index is 3.30. The Morgan fingerprint density at radius 1 is 1.69 bits per heavy atom. The molecule has 1 unspecified atom stereocenters. The summed E-state index contributed by atoms with van der Waals surface area (Å²) in [6.07, 6.45) is 1.78. The van der Waals surface area contributed by atoms with Crippen molar-refractivity contribution in [3.63, 3.8) is 0 Å². The molecule has 0 aromatic heterocycles. The fourth-order valence-electron chi connectivity index (χ4n) is 0.822. The molecule has 0 saturated heterocycles. The van der Waals surface area contributed by atoms with Gasteiger partial charge in [-0.2, -0.15) is 0 Å². The highest BCUT2D eigenvalue weighted by Crippen LogP contribution is 2.01. The molecule has 0 amide bonds. The van der Waals surface area contributed by atoms with Crippen molar-refractivity contribution < 1.29 is 14.3 Å². The Morgan fingerprint density at radius 2 is 2.38 bits per heavy atom. The molecule has 0 bridgehead atoms. The molecule has 0 heterocycles. The van der Waals surface area contributed by atoms with Gasteiger partial charge in [0.1, 0.15) is 0 Å². The lowest BCUT2D eigenvalue weighted by atomic mass is 10.5. The van der Waals surface area contributed by atoms with E-state index in [1.807, 2.05) is 6.92 Å². The van der Waals surface area contributed by atoms with Gasteiger partial charge in [-0.3, -0.25) is 0 Å². The molecule has 0 spiro atoms. The molecule has 0 rings (SSSR count). The summed E-state index contributed by atoms with van der Waals surface area (Å²) in [6.45, 7) is 8.97. The number of hydrogen-bond donors (Lipinski definition) is 0. The molecule has 13 heavy (non-hydrogen) atoms. The standard InChI is InChI=1S/C9H18O3Si/c1-4-9(10)12-7-13-8(3)6-11-5-2/h4,8H,1,5-7,13H2,2-3H3. The summed E-state index contributed by atoms with van der Waals surface area (Å²) >= 11 is 0. The van der Waals surface area contributed by atoms with Crippen molar-refractivity contribution >= 4 is 15.5 Å². The second kappa shape index (κ2) is 8.01. The first-order chi connectivity index (χ1) is 6.20. The zero-order chi connectivity index (χ0) is 10.1. The third-order valence-electron chi connectivity index (χ3n) is 1.63. The van der Waals surface area contributed by atoms with E-state index in [1.165, 1.54) is 6.08 Å². The molecule has 0 aliphatic carbocycles. The van der Waals surface area contributed by atoms with Crippen LogP contribution in [0.5, 0.6) is 0 Å². The SMILES string of the molecule is C=CC(=O)OC[SiH2]C(C)COCC. The van der Waals surface area contributed by atoms with Crippen LogP contribution in [0, 0.1) is 0 Å². The van der Waals surface area contributed by atoms with Gasteiger partial charge in [-0.1, -0.05) is 13.5 Å². The molecule has 0 fully saturated rings. The fourth-order valence-corrected chi connectivity index (χ4v) is 1.88. The maximum Gasteiger partial charge on any atom is 0.329 e. The minimum absolute atomic E-state index is 0.323. The molecule has 0 N–H and O–H groups in total. The Kier molecular flexibility index (Phi) is 7.63. The van der Waals surface area contributed by atoms with Gasteiger partial charge in [0.2, 0.25) is 0 Å². The summed E-state index contributed by atoms with van der Waals surface area (Å²) in [7, 11) is -0.353. The summed E-state index contributed by atoms with van der Waals surface area (Å²) in [5.74, 6) is -0.323. The van der Waals surface area contributed by atoms with Crippen LogP contribution in [0.2, 0.25) is 5.54 Å². The van der Waals surface area contributed by atoms with Gasteiger partial charge in [0.05, 0.1) is 15.7 Å². The quantitative estimate of drug-likeness (QED) is 0.346. The van der Waals surface area contributed by atoms with Crippen LogP contribution < -0.4 is 0 Å². The maximum absolute atomic E-state index is 10.7. The van der Waals surface area contributed by atoms with E-state index in [9.17, 15) is 4.79 Å². The van der Waals surface area contributed by atoms with Crippen LogP contribution in [0.3, 0.4) is 0 Å². The van der Waals surface area contributed by atoms with E-state index in [0.29, 0.717) is 11.8 Å². The average Bonchev–Trinajstić information content (AvgIpc) is 2.14. The second-order valence-corrected chi connectivity index (χ2v) is 5.30. The molecule has 1 atom stereocenters. The van der Waals surface area contributed by atoms with Gasteiger partial charge in [0.15, 0.2) is 0 Å². The lowest BCUT2D eigenvalue weighted by molar-refractivity contribution is -0.135. The molecule has 76 valence electrons. The van der Waals surface area contributed by atoms with Crippen molar-refractivity contribution in [3.05, 3.63) is 12.7 Å². The Bertz CT molecular complexity index is 159. The van der Waals surface area contributed by atoms with Gasteiger partial charge in [0.25, 0.3) is 0 Å². The molecule has 4 heteroatoms. The number of hydrogen-bond acceptors (Lipinski definition) is 3. The Morgan fingerprint density at radius 3 is 2.92 bits per heavy atom. The first-order valence-corrected chi connectivity index (χ1v) is 6.39. The highest BCUT2D eigenvalue weighted by molar-refractivity contribution is 6.37. The zero-order valence-electron chi connectivity index (χ0n) is 8.41. The van der Waals surface area contributed by atoms with E-state index < -0.39 is 0 Å². The van der Waals surface area contributed by atoms with Crippen LogP contribution in [-0.4, -0.2) is 34.9 Å². The largest absolute Gasteiger partial charge is 0.467 e. The molecule has 0 saturated carbocycles. The number of carbonyl (C=O) groups excluding carboxylic acids is 1. The van der Waals surface area contributed by atoms with Crippen LogP contribution in [0.1, 0.15) is 13.8 Å². The lowest BCUT2D eigenvalue weighted by Gasteiger charge is -2.09. The molecule has 0 radical (unpaired) electrons. The van der Waals surface area contributed by atoms with Crippen LogP contribution in [0.25, 0.3) is 0 Å². The van der Waals surface area contributed by atoms with Crippen molar-refractivity contribution in [2.75, 3.05) is 19.4 Å². The summed E-state index contributed by atoms with van der Waals surface area (Å²) in [6, 6.07) is 0. The normalized spacial score (nSPS) is 13.1. The zero-order valence-corrected chi connectivity index (χ0v) is 9.83. The molecular weight excluding hydrogens is 184 g/mol. The van der Waals surface area contributed by atoms with E-state index in [0.717, 1.165) is 13.2 Å². The van der Waals surface area contributed by atoms with Crippen molar-refractivity contribution in [1.29, 1.82) is 0 Å². The van der Waals surface area contributed by atoms with E-state index in [-0.39, 0.29) is 15.5 Å². The molecule has 0 aromatic carbocycles. The van der Waals surface area contributed by atoms with Crippen LogP contribution >= 0.6 is 0 Å². The average molecular weight is 202 g/mol. The highest BCUT2D eigenvalue weighted by atomic mass is 28.2. The third kappa shape index (κ3) is 7.74. The van der Waals surface area contributed by atoms with Gasteiger partial charge in [0, 0.05) is 19.3 Å². The predicted octanol–water partition coefficient (Wildman–Crippen LogP) is 0.687. The monoisotopic (exact) mass is 202 g/mol. The molecule has 0 aliphatic rings. The number of rotatable bonds is 7. The van der Waals surface area contributed by atoms with E-state index >= 15 is 0 Å². The topological polar surface area (TPSA) is 35.5 Å². The van der Waals surface area contributed by atoms with Gasteiger partial charge >= 0.3 is 5.97 Å². The van der Waals surface area contributed by atoms with Crippen LogP contribution in [0.15, 0.2) is 12.7 Å². The maximum atomic E-state index is 10.7. The number of carbonyl (C=O) groups is 1. The smallest absolute Gasteiger partial charge is 0.329 e. The number of esters is 1. The van der Waals surface area contributed by atoms with Crippen LogP contribution in [-0.2, 0) is 14.3 Å². The van der Waals surface area contributed by atoms with Crippen molar-refractivity contribution in [2.45, 2.75) is 19.4 Å². The molecule has 3 nitrogen and oxygen atoms in total. The third-order valence-corrected chi connectivity index (χ3v) is 3.29.